The molecule has 2 aromatic rings. The highest BCUT2D eigenvalue weighted by Crippen LogP contribution is 2.40. The molecule has 0 fully saturated rings. The van der Waals surface area contributed by atoms with Crippen LogP contribution in [0.3, 0.4) is 0 Å². The molecule has 0 radical (unpaired) electrons. The highest BCUT2D eigenvalue weighted by Gasteiger charge is 2.27. The number of nitrogens with two attached hydrogens (primary N) is 1. The van der Waals surface area contributed by atoms with Crippen LogP contribution in [0.1, 0.15) is 46.4 Å². The molecule has 2 aromatic carbocycles. The van der Waals surface area contributed by atoms with Gasteiger partial charge in [0.2, 0.25) is 0 Å². The van der Waals surface area contributed by atoms with E-state index in [1.165, 1.54) is 22.3 Å². The van der Waals surface area contributed by atoms with E-state index in [1.807, 2.05) is 6.07 Å². The number of ether oxygens (including phenoxy) is 1. The number of hydrogen-bond donors (Lipinski definition) is 1. The van der Waals surface area contributed by atoms with Gasteiger partial charge in [-0.2, -0.15) is 0 Å². The minimum absolute atomic E-state index is 0.0458. The Morgan fingerprint density at radius 1 is 0.950 bits per heavy atom. The molecule has 2 heteroatoms. The van der Waals surface area contributed by atoms with Crippen LogP contribution in [0, 0.1) is 20.8 Å². The van der Waals surface area contributed by atoms with Gasteiger partial charge in [-0.3, -0.25) is 0 Å². The third kappa shape index (κ3) is 2.44. The van der Waals surface area contributed by atoms with Gasteiger partial charge in [-0.25, -0.2) is 0 Å². The first-order valence-electron chi connectivity index (χ1n) is 7.14. The highest BCUT2D eigenvalue weighted by atomic mass is 16.5. The van der Waals surface area contributed by atoms with Gasteiger partial charge in [0, 0.05) is 18.0 Å². The van der Waals surface area contributed by atoms with Crippen molar-refractivity contribution in [2.75, 3.05) is 0 Å². The van der Waals surface area contributed by atoms with Crippen molar-refractivity contribution in [3.05, 3.63) is 64.2 Å². The molecule has 0 aromatic heterocycles. The van der Waals surface area contributed by atoms with E-state index >= 15 is 0 Å². The van der Waals surface area contributed by atoms with Crippen molar-refractivity contribution < 1.29 is 4.74 Å². The van der Waals surface area contributed by atoms with Crippen molar-refractivity contribution in [1.82, 2.24) is 0 Å². The van der Waals surface area contributed by atoms with Gasteiger partial charge < -0.3 is 10.5 Å². The molecule has 1 aliphatic rings. The first-order chi connectivity index (χ1) is 9.52. The van der Waals surface area contributed by atoms with Crippen molar-refractivity contribution >= 4 is 0 Å². The van der Waals surface area contributed by atoms with Crippen LogP contribution in [0.5, 0.6) is 5.75 Å². The van der Waals surface area contributed by atoms with E-state index in [9.17, 15) is 0 Å². The number of benzene rings is 2. The zero-order chi connectivity index (χ0) is 14.3. The molecule has 1 heterocycles. The molecule has 2 nitrogen and oxygen atoms in total. The first-order valence-corrected chi connectivity index (χ1v) is 7.14. The standard InChI is InChI=1S/C18H21NO/c1-11-4-5-17-15(9-11)16(19)10-18(20-17)14-7-12(2)6-13(3)8-14/h4-9,16,18H,10,19H2,1-3H3/t16-,18?/m1/s1. The summed E-state index contributed by atoms with van der Waals surface area (Å²) in [6, 6.07) is 12.9. The topological polar surface area (TPSA) is 35.2 Å². The quantitative estimate of drug-likeness (QED) is 0.843. The maximum atomic E-state index is 6.34. The summed E-state index contributed by atoms with van der Waals surface area (Å²) < 4.78 is 6.17. The van der Waals surface area contributed by atoms with Crippen molar-refractivity contribution in [3.63, 3.8) is 0 Å². The van der Waals surface area contributed by atoms with Crippen LogP contribution in [0.25, 0.3) is 0 Å². The summed E-state index contributed by atoms with van der Waals surface area (Å²) in [6.07, 6.45) is 0.887. The van der Waals surface area contributed by atoms with Gasteiger partial charge in [0.05, 0.1) is 0 Å². The average Bonchev–Trinajstić information content (AvgIpc) is 2.38. The summed E-state index contributed by atoms with van der Waals surface area (Å²) in [7, 11) is 0. The van der Waals surface area contributed by atoms with Crippen LogP contribution < -0.4 is 10.5 Å². The zero-order valence-corrected chi connectivity index (χ0v) is 12.3. The SMILES string of the molecule is Cc1cc(C)cc(C2C[C@@H](N)c3cc(C)ccc3O2)c1. The molecule has 3 rings (SSSR count). The Kier molecular flexibility index (Phi) is 3.27. The van der Waals surface area contributed by atoms with Crippen LogP contribution in [0.2, 0.25) is 0 Å². The van der Waals surface area contributed by atoms with E-state index in [-0.39, 0.29) is 12.1 Å². The minimum atomic E-state index is 0.0458. The van der Waals surface area contributed by atoms with E-state index in [2.05, 4.69) is 51.1 Å². The normalized spacial score (nSPS) is 21.2. The molecule has 0 aliphatic carbocycles. The van der Waals surface area contributed by atoms with Crippen LogP contribution in [-0.2, 0) is 0 Å². The lowest BCUT2D eigenvalue weighted by Gasteiger charge is -2.31. The summed E-state index contributed by atoms with van der Waals surface area (Å²) in [5.74, 6) is 0.929. The molecule has 0 saturated heterocycles. The Bertz CT molecular complexity index is 628. The Morgan fingerprint density at radius 2 is 1.65 bits per heavy atom. The second-order valence-electron chi connectivity index (χ2n) is 5.91. The number of fused-ring (bicyclic) bond motifs is 1. The number of aryl methyl sites for hydroxylation is 3. The lowest BCUT2D eigenvalue weighted by molar-refractivity contribution is 0.161. The monoisotopic (exact) mass is 267 g/mol. The van der Waals surface area contributed by atoms with Gasteiger partial charge in [-0.05, 0) is 32.4 Å². The molecule has 104 valence electrons. The summed E-state index contributed by atoms with van der Waals surface area (Å²) in [6.45, 7) is 6.33. The fraction of sp³-hybridized carbons (Fsp3) is 0.333. The second-order valence-corrected chi connectivity index (χ2v) is 5.91. The van der Waals surface area contributed by atoms with Crippen LogP contribution >= 0.6 is 0 Å². The molecule has 0 spiro atoms. The maximum Gasteiger partial charge on any atom is 0.126 e. The minimum Gasteiger partial charge on any atom is -0.485 e. The Morgan fingerprint density at radius 3 is 2.35 bits per heavy atom. The Hall–Kier alpha value is -1.80. The number of hydrogen-bond acceptors (Lipinski definition) is 2. The molecule has 0 bridgehead atoms. The molecule has 0 amide bonds. The molecule has 2 atom stereocenters. The van der Waals surface area contributed by atoms with Crippen molar-refractivity contribution in [3.8, 4) is 5.75 Å². The second kappa shape index (κ2) is 4.95. The van der Waals surface area contributed by atoms with Crippen LogP contribution in [0.15, 0.2) is 36.4 Å². The van der Waals surface area contributed by atoms with E-state index in [4.69, 9.17) is 10.5 Å². The molecule has 20 heavy (non-hydrogen) atoms. The number of rotatable bonds is 1. The van der Waals surface area contributed by atoms with Gasteiger partial charge >= 0.3 is 0 Å². The van der Waals surface area contributed by atoms with E-state index in [0.29, 0.717) is 0 Å². The molecule has 0 saturated carbocycles. The van der Waals surface area contributed by atoms with Gasteiger partial charge in [-0.15, -0.1) is 0 Å². The lowest BCUT2D eigenvalue weighted by Crippen LogP contribution is -2.24. The van der Waals surface area contributed by atoms with E-state index in [0.717, 1.165) is 17.7 Å². The molecular weight excluding hydrogens is 246 g/mol. The molecule has 1 unspecified atom stereocenters. The van der Waals surface area contributed by atoms with Crippen LogP contribution in [0.4, 0.5) is 0 Å². The fourth-order valence-corrected chi connectivity index (χ4v) is 3.02. The largest absolute Gasteiger partial charge is 0.485 e. The molecule has 1 aliphatic heterocycles. The predicted octanol–water partition coefficient (Wildman–Crippen LogP) is 4.14. The van der Waals surface area contributed by atoms with Gasteiger partial charge in [0.25, 0.3) is 0 Å². The third-order valence-electron chi connectivity index (χ3n) is 3.92. The van der Waals surface area contributed by atoms with Crippen molar-refractivity contribution in [1.29, 1.82) is 0 Å². The summed E-state index contributed by atoms with van der Waals surface area (Å²) in [5, 5.41) is 0. The van der Waals surface area contributed by atoms with Gasteiger partial charge in [0.15, 0.2) is 0 Å². The summed E-state index contributed by atoms with van der Waals surface area (Å²) in [5.41, 5.74) is 12.5. The van der Waals surface area contributed by atoms with Crippen molar-refractivity contribution in [2.24, 2.45) is 5.73 Å². The smallest absolute Gasteiger partial charge is 0.126 e. The van der Waals surface area contributed by atoms with E-state index in [1.54, 1.807) is 0 Å². The van der Waals surface area contributed by atoms with Crippen molar-refractivity contribution in [2.45, 2.75) is 39.3 Å². The fourth-order valence-electron chi connectivity index (χ4n) is 3.02. The Balaban J connectivity index is 1.96. The molecular formula is C18H21NO. The summed E-state index contributed by atoms with van der Waals surface area (Å²) in [4.78, 5) is 0. The summed E-state index contributed by atoms with van der Waals surface area (Å²) >= 11 is 0. The lowest BCUT2D eigenvalue weighted by atomic mass is 9.91. The van der Waals surface area contributed by atoms with Gasteiger partial charge in [-0.1, -0.05) is 47.0 Å². The first kappa shape index (κ1) is 13.2. The van der Waals surface area contributed by atoms with Gasteiger partial charge in [0.1, 0.15) is 11.9 Å². The molecule has 2 N–H and O–H groups in total. The van der Waals surface area contributed by atoms with E-state index < -0.39 is 0 Å². The third-order valence-corrected chi connectivity index (χ3v) is 3.92. The zero-order valence-electron chi connectivity index (χ0n) is 12.3. The average molecular weight is 267 g/mol. The predicted molar refractivity (Wildman–Crippen MR) is 82.0 cm³/mol. The van der Waals surface area contributed by atoms with Crippen LogP contribution in [-0.4, -0.2) is 0 Å². The Labute approximate surface area is 120 Å². The maximum absolute atomic E-state index is 6.34. The highest BCUT2D eigenvalue weighted by molar-refractivity contribution is 5.42.